The van der Waals surface area contributed by atoms with Crippen molar-refractivity contribution in [2.45, 2.75) is 85.2 Å². The number of hydrogen-bond donors (Lipinski definition) is 1. The number of Topliss-reactive ketones (excluding diaryl/α,β-unsaturated/α-hetero) is 1. The van der Waals surface area contributed by atoms with Crippen LogP contribution in [0.5, 0.6) is 0 Å². The van der Waals surface area contributed by atoms with Crippen LogP contribution >= 0.6 is 0 Å². The fourth-order valence-electron chi connectivity index (χ4n) is 2.84. The van der Waals surface area contributed by atoms with Gasteiger partial charge in [-0.25, -0.2) is 0 Å². The van der Waals surface area contributed by atoms with Crippen molar-refractivity contribution in [2.75, 3.05) is 0 Å². The third-order valence-corrected chi connectivity index (χ3v) is 4.48. The first kappa shape index (κ1) is 17.4. The molecule has 0 saturated heterocycles. The van der Waals surface area contributed by atoms with Gasteiger partial charge in [0.05, 0.1) is 0 Å². The standard InChI is InChI=1S/C18H33NO/c1-7-18(5,6)19-15-13-11-9-8-10-12-14(15)16(20)17(2,3)4/h8-9,14-15,19H,7,10-13H2,1-6H3/b9-8-. The van der Waals surface area contributed by atoms with Crippen molar-refractivity contribution in [1.29, 1.82) is 0 Å². The first-order chi connectivity index (χ1) is 9.17. The summed E-state index contributed by atoms with van der Waals surface area (Å²) in [6, 6.07) is 0.307. The number of carbonyl (C=O) groups excluding carboxylic acids is 1. The fourth-order valence-corrected chi connectivity index (χ4v) is 2.84. The summed E-state index contributed by atoms with van der Waals surface area (Å²) in [6.07, 6.45) is 9.73. The van der Waals surface area contributed by atoms with E-state index in [0.717, 1.165) is 32.1 Å². The molecule has 0 bridgehead atoms. The third kappa shape index (κ3) is 5.05. The normalized spacial score (nSPS) is 26.7. The third-order valence-electron chi connectivity index (χ3n) is 4.48. The molecule has 0 aromatic rings. The topological polar surface area (TPSA) is 29.1 Å². The maximum Gasteiger partial charge on any atom is 0.142 e. The summed E-state index contributed by atoms with van der Waals surface area (Å²) < 4.78 is 0. The molecule has 0 spiro atoms. The van der Waals surface area contributed by atoms with Crippen LogP contribution in [0, 0.1) is 11.3 Å². The molecule has 0 aliphatic heterocycles. The van der Waals surface area contributed by atoms with E-state index in [2.05, 4.69) is 38.2 Å². The average Bonchev–Trinajstić information content (AvgIpc) is 2.31. The Bertz CT molecular complexity index is 349. The predicted octanol–water partition coefficient (Wildman–Crippen LogP) is 4.49. The molecule has 0 radical (unpaired) electrons. The number of carbonyl (C=O) groups is 1. The van der Waals surface area contributed by atoms with Crippen molar-refractivity contribution in [1.82, 2.24) is 5.32 Å². The van der Waals surface area contributed by atoms with Crippen LogP contribution in [0.4, 0.5) is 0 Å². The van der Waals surface area contributed by atoms with Gasteiger partial charge in [0.2, 0.25) is 0 Å². The van der Waals surface area contributed by atoms with E-state index in [9.17, 15) is 4.79 Å². The van der Waals surface area contributed by atoms with Gasteiger partial charge in [-0.1, -0.05) is 39.8 Å². The molecular formula is C18H33NO. The molecule has 1 aliphatic rings. The summed E-state index contributed by atoms with van der Waals surface area (Å²) >= 11 is 0. The van der Waals surface area contributed by atoms with E-state index in [-0.39, 0.29) is 16.9 Å². The van der Waals surface area contributed by atoms with Crippen LogP contribution in [0.25, 0.3) is 0 Å². The SMILES string of the molecule is CCC(C)(C)NC1CC/C=C\CCC1C(=O)C(C)(C)C. The average molecular weight is 279 g/mol. The zero-order valence-corrected chi connectivity index (χ0v) is 14.3. The predicted molar refractivity (Wildman–Crippen MR) is 86.9 cm³/mol. The Morgan fingerprint density at radius 2 is 1.65 bits per heavy atom. The lowest BCUT2D eigenvalue weighted by Gasteiger charge is -2.38. The van der Waals surface area contributed by atoms with E-state index >= 15 is 0 Å². The van der Waals surface area contributed by atoms with Crippen LogP contribution in [0.15, 0.2) is 12.2 Å². The molecule has 0 aromatic heterocycles. The van der Waals surface area contributed by atoms with Crippen molar-refractivity contribution >= 4 is 5.78 Å². The summed E-state index contributed by atoms with van der Waals surface area (Å²) in [7, 11) is 0. The van der Waals surface area contributed by atoms with E-state index in [0.29, 0.717) is 11.8 Å². The highest BCUT2D eigenvalue weighted by molar-refractivity contribution is 5.86. The van der Waals surface area contributed by atoms with Crippen molar-refractivity contribution in [2.24, 2.45) is 11.3 Å². The molecule has 2 heteroatoms. The number of hydrogen-bond acceptors (Lipinski definition) is 2. The van der Waals surface area contributed by atoms with E-state index in [1.165, 1.54) is 0 Å². The lowest BCUT2D eigenvalue weighted by molar-refractivity contribution is -0.131. The first-order valence-corrected chi connectivity index (χ1v) is 8.14. The van der Waals surface area contributed by atoms with Crippen molar-refractivity contribution < 1.29 is 4.79 Å². The van der Waals surface area contributed by atoms with Crippen LogP contribution in [-0.4, -0.2) is 17.4 Å². The van der Waals surface area contributed by atoms with Gasteiger partial charge in [0.15, 0.2) is 0 Å². The Balaban J connectivity index is 2.93. The molecule has 1 aliphatic carbocycles. The van der Waals surface area contributed by atoms with Gasteiger partial charge in [-0.3, -0.25) is 4.79 Å². The molecule has 0 amide bonds. The summed E-state index contributed by atoms with van der Waals surface area (Å²) in [5.41, 5.74) is -0.145. The van der Waals surface area contributed by atoms with Gasteiger partial charge in [0, 0.05) is 22.9 Å². The molecular weight excluding hydrogens is 246 g/mol. The molecule has 0 heterocycles. The first-order valence-electron chi connectivity index (χ1n) is 8.14. The lowest BCUT2D eigenvalue weighted by atomic mass is 9.75. The van der Waals surface area contributed by atoms with Gasteiger partial charge >= 0.3 is 0 Å². The minimum Gasteiger partial charge on any atom is -0.308 e. The van der Waals surface area contributed by atoms with Crippen LogP contribution in [0.1, 0.15) is 73.6 Å². The summed E-state index contributed by atoms with van der Waals surface area (Å²) in [5, 5.41) is 3.76. The fraction of sp³-hybridized carbons (Fsp3) is 0.833. The Morgan fingerprint density at radius 1 is 1.10 bits per heavy atom. The second-order valence-electron chi connectivity index (χ2n) is 7.84. The highest BCUT2D eigenvalue weighted by Gasteiger charge is 2.36. The Morgan fingerprint density at radius 3 is 2.15 bits per heavy atom. The summed E-state index contributed by atoms with van der Waals surface area (Å²) in [5.74, 6) is 0.558. The molecule has 2 nitrogen and oxygen atoms in total. The number of allylic oxidation sites excluding steroid dienone is 2. The van der Waals surface area contributed by atoms with Crippen LogP contribution in [-0.2, 0) is 4.79 Å². The second-order valence-corrected chi connectivity index (χ2v) is 7.84. The molecule has 0 aromatic carbocycles. The Kier molecular flexibility index (Phi) is 6.00. The van der Waals surface area contributed by atoms with Gasteiger partial charge in [-0.2, -0.15) is 0 Å². The van der Waals surface area contributed by atoms with Gasteiger partial charge in [-0.15, -0.1) is 0 Å². The molecule has 2 atom stereocenters. The number of rotatable bonds is 4. The zero-order valence-electron chi connectivity index (χ0n) is 14.3. The Hall–Kier alpha value is -0.630. The van der Waals surface area contributed by atoms with E-state index < -0.39 is 0 Å². The van der Waals surface area contributed by atoms with E-state index in [1.54, 1.807) is 0 Å². The van der Waals surface area contributed by atoms with Crippen molar-refractivity contribution in [3.05, 3.63) is 12.2 Å². The van der Waals surface area contributed by atoms with E-state index in [4.69, 9.17) is 0 Å². The largest absolute Gasteiger partial charge is 0.308 e. The van der Waals surface area contributed by atoms with Gasteiger partial charge in [0.1, 0.15) is 5.78 Å². The van der Waals surface area contributed by atoms with Crippen LogP contribution < -0.4 is 5.32 Å². The number of nitrogens with one attached hydrogen (secondary N) is 1. The van der Waals surface area contributed by atoms with Crippen molar-refractivity contribution in [3.8, 4) is 0 Å². The van der Waals surface area contributed by atoms with Gasteiger partial charge in [0.25, 0.3) is 0 Å². The van der Waals surface area contributed by atoms with Gasteiger partial charge < -0.3 is 5.32 Å². The minimum absolute atomic E-state index is 0.101. The molecule has 0 saturated carbocycles. The lowest BCUT2D eigenvalue weighted by Crippen LogP contribution is -2.52. The van der Waals surface area contributed by atoms with Gasteiger partial charge in [-0.05, 0) is 46.0 Å². The molecule has 0 fully saturated rings. The minimum atomic E-state index is -0.246. The molecule has 1 N–H and O–H groups in total. The molecule has 20 heavy (non-hydrogen) atoms. The maximum atomic E-state index is 12.8. The van der Waals surface area contributed by atoms with Crippen LogP contribution in [0.3, 0.4) is 0 Å². The Labute approximate surface area is 125 Å². The summed E-state index contributed by atoms with van der Waals surface area (Å²) in [4.78, 5) is 12.8. The monoisotopic (exact) mass is 279 g/mol. The number of ketones is 1. The summed E-state index contributed by atoms with van der Waals surface area (Å²) in [6.45, 7) is 12.8. The van der Waals surface area contributed by atoms with E-state index in [1.807, 2.05) is 20.8 Å². The van der Waals surface area contributed by atoms with Crippen molar-refractivity contribution in [3.63, 3.8) is 0 Å². The molecule has 2 unspecified atom stereocenters. The highest BCUT2D eigenvalue weighted by atomic mass is 16.1. The van der Waals surface area contributed by atoms with Crippen LogP contribution in [0.2, 0.25) is 0 Å². The maximum absolute atomic E-state index is 12.8. The second kappa shape index (κ2) is 6.89. The zero-order chi connectivity index (χ0) is 15.4. The molecule has 1 rings (SSSR count). The highest BCUT2D eigenvalue weighted by Crippen LogP contribution is 2.30. The quantitative estimate of drug-likeness (QED) is 0.768. The molecule has 116 valence electrons. The smallest absolute Gasteiger partial charge is 0.142 e.